The Kier molecular flexibility index (Phi) is 6.53. The molecule has 4 aromatic rings. The zero-order chi connectivity index (χ0) is 25.1. The second kappa shape index (κ2) is 9.71. The number of anilines is 2. The fraction of sp³-hybridized carbons (Fsp3) is 0.261. The van der Waals surface area contributed by atoms with Crippen LogP contribution in [0.5, 0.6) is 5.75 Å². The summed E-state index contributed by atoms with van der Waals surface area (Å²) in [4.78, 5) is 36.1. The number of aromatic nitrogens is 5. The number of nitrogen functional groups attached to an aromatic ring is 2. The average molecular weight is 478 g/mol. The first kappa shape index (κ1) is 23.5. The van der Waals surface area contributed by atoms with Crippen LogP contribution in [0, 0.1) is 0 Å². The minimum atomic E-state index is -0.585. The number of ether oxygens (including phenoxy) is 1. The van der Waals surface area contributed by atoms with Crippen LogP contribution in [-0.2, 0) is 13.1 Å². The van der Waals surface area contributed by atoms with Crippen LogP contribution in [0.15, 0.2) is 36.5 Å². The zero-order valence-electron chi connectivity index (χ0n) is 19.3. The molecule has 0 saturated heterocycles. The highest BCUT2D eigenvalue weighted by Crippen LogP contribution is 2.30. The number of nitrogens with zero attached hydrogens (tertiary/aromatic N) is 5. The Bertz CT molecular complexity index is 1450. The first-order valence-electron chi connectivity index (χ1n) is 11.1. The van der Waals surface area contributed by atoms with E-state index < -0.39 is 11.8 Å². The number of pyridine rings is 1. The Morgan fingerprint density at radius 2 is 1.57 bits per heavy atom. The lowest BCUT2D eigenvalue weighted by Gasteiger charge is -2.11. The summed E-state index contributed by atoms with van der Waals surface area (Å²) >= 11 is 0. The van der Waals surface area contributed by atoms with Gasteiger partial charge in [0.2, 0.25) is 23.7 Å². The van der Waals surface area contributed by atoms with Crippen LogP contribution >= 0.6 is 0 Å². The molecule has 12 heteroatoms. The number of unbranched alkanes of at least 4 members (excludes halogenated alkanes) is 1. The second-order valence-electron chi connectivity index (χ2n) is 7.97. The van der Waals surface area contributed by atoms with Gasteiger partial charge in [0.15, 0.2) is 5.65 Å². The minimum Gasteiger partial charge on any atom is -0.491 e. The summed E-state index contributed by atoms with van der Waals surface area (Å²) in [6, 6.07) is 4.78. The molecule has 0 aliphatic rings. The number of fused-ring (bicyclic) bond motifs is 2. The van der Waals surface area contributed by atoms with E-state index >= 15 is 0 Å². The number of allylic oxidation sites excluding steroid dienone is 2. The number of benzene rings is 1. The number of nitrogens with two attached hydrogens (primary N) is 4. The lowest BCUT2D eigenvalue weighted by atomic mass is 10.1. The topological polar surface area (TPSA) is 196 Å². The van der Waals surface area contributed by atoms with Gasteiger partial charge in [0, 0.05) is 24.8 Å². The van der Waals surface area contributed by atoms with Gasteiger partial charge in [-0.05, 0) is 24.6 Å². The van der Waals surface area contributed by atoms with Gasteiger partial charge in [-0.1, -0.05) is 25.5 Å². The van der Waals surface area contributed by atoms with Crippen molar-refractivity contribution in [1.82, 2.24) is 24.1 Å². The van der Waals surface area contributed by atoms with E-state index in [1.165, 1.54) is 6.20 Å². The van der Waals surface area contributed by atoms with Gasteiger partial charge in [-0.25, -0.2) is 15.0 Å². The van der Waals surface area contributed by atoms with Gasteiger partial charge in [-0.2, -0.15) is 0 Å². The lowest BCUT2D eigenvalue weighted by Crippen LogP contribution is -2.12. The van der Waals surface area contributed by atoms with E-state index in [0.29, 0.717) is 53.2 Å². The monoisotopic (exact) mass is 477 g/mol. The predicted molar refractivity (Wildman–Crippen MR) is 133 cm³/mol. The Labute approximate surface area is 200 Å². The molecule has 12 nitrogen and oxygen atoms in total. The van der Waals surface area contributed by atoms with Gasteiger partial charge < -0.3 is 32.2 Å². The van der Waals surface area contributed by atoms with E-state index in [2.05, 4.69) is 21.9 Å². The summed E-state index contributed by atoms with van der Waals surface area (Å²) in [6.45, 7) is 3.35. The highest BCUT2D eigenvalue weighted by molar-refractivity contribution is 5.99. The molecule has 0 bridgehead atoms. The molecule has 0 unspecified atom stereocenters. The van der Waals surface area contributed by atoms with Crippen LogP contribution in [0.25, 0.3) is 22.2 Å². The van der Waals surface area contributed by atoms with Crippen LogP contribution in [-0.4, -0.2) is 42.5 Å². The number of imidazole rings is 2. The third-order valence-electron chi connectivity index (χ3n) is 5.52. The summed E-state index contributed by atoms with van der Waals surface area (Å²) in [5.41, 5.74) is 25.8. The predicted octanol–water partition coefficient (Wildman–Crippen LogP) is 1.58. The maximum Gasteiger partial charge on any atom is 0.250 e. The number of rotatable bonds is 10. The number of primary amides is 2. The van der Waals surface area contributed by atoms with E-state index in [-0.39, 0.29) is 17.5 Å². The van der Waals surface area contributed by atoms with Crippen molar-refractivity contribution < 1.29 is 14.3 Å². The summed E-state index contributed by atoms with van der Waals surface area (Å²) in [5.74, 6) is -0.112. The fourth-order valence-corrected chi connectivity index (χ4v) is 3.71. The third kappa shape index (κ3) is 4.71. The van der Waals surface area contributed by atoms with Crippen molar-refractivity contribution in [3.05, 3.63) is 47.7 Å². The van der Waals surface area contributed by atoms with Crippen LogP contribution in [0.4, 0.5) is 11.9 Å². The molecule has 0 saturated carbocycles. The standard InChI is InChI=1S/C23H27N9O3/c1-2-3-8-35-17-11-13(19(24)33)9-15-18(17)31(22(26)29-15)6-4-5-7-32-21-16(30-23(32)27)10-14(12-28-21)20(25)34/h4-5,9-12H,2-3,6-8H2,1H3,(H2,24,33)(H2,25,34)(H2,26,29)(H2,27,30)/b5-4+. The number of hydrogen-bond acceptors (Lipinski definition) is 8. The highest BCUT2D eigenvalue weighted by atomic mass is 16.5. The van der Waals surface area contributed by atoms with Crippen molar-refractivity contribution in [3.8, 4) is 5.75 Å². The molecular weight excluding hydrogens is 450 g/mol. The van der Waals surface area contributed by atoms with Crippen LogP contribution < -0.4 is 27.7 Å². The van der Waals surface area contributed by atoms with Gasteiger partial charge in [0.25, 0.3) is 0 Å². The van der Waals surface area contributed by atoms with Crippen molar-refractivity contribution >= 4 is 45.9 Å². The molecule has 0 atom stereocenters. The molecule has 182 valence electrons. The number of amides is 2. The van der Waals surface area contributed by atoms with Crippen LogP contribution in [0.2, 0.25) is 0 Å². The number of carbonyl (C=O) groups excluding carboxylic acids is 2. The largest absolute Gasteiger partial charge is 0.491 e. The molecule has 4 rings (SSSR count). The van der Waals surface area contributed by atoms with E-state index in [4.69, 9.17) is 27.7 Å². The molecular formula is C23H27N9O3. The van der Waals surface area contributed by atoms with E-state index in [1.54, 1.807) is 27.3 Å². The summed E-state index contributed by atoms with van der Waals surface area (Å²) < 4.78 is 9.45. The van der Waals surface area contributed by atoms with Crippen molar-refractivity contribution in [2.24, 2.45) is 11.5 Å². The molecule has 3 heterocycles. The maximum atomic E-state index is 11.8. The highest BCUT2D eigenvalue weighted by Gasteiger charge is 2.17. The molecule has 2 amide bonds. The molecule has 0 aliphatic heterocycles. The molecule has 3 aromatic heterocycles. The fourth-order valence-electron chi connectivity index (χ4n) is 3.71. The molecule has 35 heavy (non-hydrogen) atoms. The lowest BCUT2D eigenvalue weighted by molar-refractivity contribution is 0.0991. The maximum absolute atomic E-state index is 11.8. The molecule has 0 aliphatic carbocycles. The zero-order valence-corrected chi connectivity index (χ0v) is 19.3. The normalized spacial score (nSPS) is 11.6. The summed E-state index contributed by atoms with van der Waals surface area (Å²) in [6.07, 6.45) is 7.01. The Balaban J connectivity index is 1.60. The quantitative estimate of drug-likeness (QED) is 0.195. The van der Waals surface area contributed by atoms with Gasteiger partial charge in [0.1, 0.15) is 16.8 Å². The Morgan fingerprint density at radius 1 is 0.943 bits per heavy atom. The minimum absolute atomic E-state index is 0.261. The Morgan fingerprint density at radius 3 is 2.26 bits per heavy atom. The van der Waals surface area contributed by atoms with Gasteiger partial charge in [0.05, 0.1) is 17.7 Å². The van der Waals surface area contributed by atoms with E-state index in [1.807, 2.05) is 12.2 Å². The number of carbonyl (C=O) groups is 2. The second-order valence-corrected chi connectivity index (χ2v) is 7.97. The molecule has 0 fully saturated rings. The smallest absolute Gasteiger partial charge is 0.250 e. The molecule has 0 spiro atoms. The van der Waals surface area contributed by atoms with E-state index in [0.717, 1.165) is 12.8 Å². The summed E-state index contributed by atoms with van der Waals surface area (Å²) in [7, 11) is 0. The molecule has 8 N–H and O–H groups in total. The van der Waals surface area contributed by atoms with Gasteiger partial charge >= 0.3 is 0 Å². The first-order chi connectivity index (χ1) is 16.8. The average Bonchev–Trinajstić information content (AvgIpc) is 3.31. The van der Waals surface area contributed by atoms with Crippen molar-refractivity contribution in [2.45, 2.75) is 32.9 Å². The molecule has 1 aromatic carbocycles. The van der Waals surface area contributed by atoms with Gasteiger partial charge in [-0.3, -0.25) is 14.2 Å². The Hall–Kier alpha value is -4.61. The van der Waals surface area contributed by atoms with Crippen LogP contribution in [0.1, 0.15) is 40.5 Å². The third-order valence-corrected chi connectivity index (χ3v) is 5.52. The first-order valence-corrected chi connectivity index (χ1v) is 11.1. The van der Waals surface area contributed by atoms with Gasteiger partial charge in [-0.15, -0.1) is 0 Å². The van der Waals surface area contributed by atoms with Crippen molar-refractivity contribution in [1.29, 1.82) is 0 Å². The molecule has 0 radical (unpaired) electrons. The SMILES string of the molecule is CCCCOc1cc(C(N)=O)cc2nc(N)n(C/C=C/Cn3c(N)nc4cc(C(N)=O)cnc43)c12. The number of hydrogen-bond donors (Lipinski definition) is 4. The van der Waals surface area contributed by atoms with Crippen molar-refractivity contribution in [2.75, 3.05) is 18.1 Å². The van der Waals surface area contributed by atoms with Crippen molar-refractivity contribution in [3.63, 3.8) is 0 Å². The van der Waals surface area contributed by atoms with E-state index in [9.17, 15) is 9.59 Å². The van der Waals surface area contributed by atoms with Crippen LogP contribution in [0.3, 0.4) is 0 Å². The summed E-state index contributed by atoms with van der Waals surface area (Å²) in [5, 5.41) is 0.